The Balaban J connectivity index is 2.05. The topological polar surface area (TPSA) is 76.1 Å². The van der Waals surface area contributed by atoms with E-state index in [1.54, 1.807) is 16.3 Å². The summed E-state index contributed by atoms with van der Waals surface area (Å²) < 4.78 is 9.92. The molecule has 112 valence electrons. The number of methoxy groups -OCH3 is 1. The van der Waals surface area contributed by atoms with Crippen LogP contribution >= 0.6 is 11.3 Å². The van der Waals surface area contributed by atoms with Gasteiger partial charge in [0.05, 0.1) is 30.7 Å². The number of ether oxygens (including phenoxy) is 2. The number of hydrogen-bond donors (Lipinski definition) is 1. The fourth-order valence-electron chi connectivity index (χ4n) is 1.93. The molecule has 0 bridgehead atoms. The summed E-state index contributed by atoms with van der Waals surface area (Å²) in [4.78, 5) is 26.1. The Bertz CT molecular complexity index is 586. The zero-order valence-electron chi connectivity index (χ0n) is 11.5. The molecule has 1 N–H and O–H groups in total. The molecule has 6 nitrogen and oxygen atoms in total. The highest BCUT2D eigenvalue weighted by Crippen LogP contribution is 2.17. The van der Waals surface area contributed by atoms with E-state index in [4.69, 9.17) is 9.84 Å². The first kappa shape index (κ1) is 15.5. The van der Waals surface area contributed by atoms with Crippen LogP contribution in [0.1, 0.15) is 15.2 Å². The van der Waals surface area contributed by atoms with Gasteiger partial charge in [-0.1, -0.05) is 11.8 Å². The van der Waals surface area contributed by atoms with Gasteiger partial charge in [-0.15, -0.1) is 11.3 Å². The van der Waals surface area contributed by atoms with E-state index < -0.39 is 12.1 Å². The fraction of sp³-hybridized carbons (Fsp3) is 0.429. The number of nitrogens with zero attached hydrogens (tertiary/aromatic N) is 1. The van der Waals surface area contributed by atoms with E-state index in [1.807, 2.05) is 0 Å². The van der Waals surface area contributed by atoms with Crippen molar-refractivity contribution in [2.24, 2.45) is 0 Å². The third kappa shape index (κ3) is 3.82. The minimum atomic E-state index is -0.736. The number of carbonyl (C=O) groups excluding carboxylic acids is 2. The molecule has 2 heterocycles. The molecule has 1 atom stereocenters. The van der Waals surface area contributed by atoms with Crippen LogP contribution < -0.4 is 0 Å². The summed E-state index contributed by atoms with van der Waals surface area (Å²) in [7, 11) is 1.29. The molecule has 0 aromatic carbocycles. The van der Waals surface area contributed by atoms with Crippen LogP contribution in [0.2, 0.25) is 0 Å². The highest BCUT2D eigenvalue weighted by Gasteiger charge is 2.30. The van der Waals surface area contributed by atoms with Crippen LogP contribution in [-0.2, 0) is 14.3 Å². The molecule has 1 aromatic heterocycles. The van der Waals surface area contributed by atoms with Crippen LogP contribution in [-0.4, -0.2) is 61.4 Å². The fourth-order valence-corrected chi connectivity index (χ4v) is 2.68. The van der Waals surface area contributed by atoms with Gasteiger partial charge in [-0.3, -0.25) is 4.79 Å². The monoisotopic (exact) mass is 309 g/mol. The standard InChI is InChI=1S/C14H15NO5S/c1-19-14(18)12-8-15(4-6-20-12)13(17)10-7-11(21-9-10)3-2-5-16/h7,9,12,16H,4-6,8H2,1H3. The highest BCUT2D eigenvalue weighted by molar-refractivity contribution is 7.10. The van der Waals surface area contributed by atoms with Gasteiger partial charge >= 0.3 is 5.97 Å². The van der Waals surface area contributed by atoms with Crippen LogP contribution in [0.5, 0.6) is 0 Å². The van der Waals surface area contributed by atoms with Crippen LogP contribution in [0.15, 0.2) is 11.4 Å². The van der Waals surface area contributed by atoms with E-state index >= 15 is 0 Å². The van der Waals surface area contributed by atoms with Crippen molar-refractivity contribution in [2.75, 3.05) is 33.4 Å². The van der Waals surface area contributed by atoms with Gasteiger partial charge in [-0.25, -0.2) is 4.79 Å². The van der Waals surface area contributed by atoms with E-state index in [-0.39, 0.29) is 19.1 Å². The van der Waals surface area contributed by atoms with E-state index in [2.05, 4.69) is 16.6 Å². The molecule has 1 saturated heterocycles. The summed E-state index contributed by atoms with van der Waals surface area (Å²) in [5, 5.41) is 10.4. The number of rotatable bonds is 2. The quantitative estimate of drug-likeness (QED) is 0.620. The van der Waals surface area contributed by atoms with Crippen molar-refractivity contribution in [3.63, 3.8) is 0 Å². The molecular weight excluding hydrogens is 294 g/mol. The second-order valence-electron chi connectivity index (χ2n) is 4.29. The molecule has 0 aliphatic carbocycles. The van der Waals surface area contributed by atoms with Gasteiger partial charge in [0, 0.05) is 11.9 Å². The third-order valence-electron chi connectivity index (χ3n) is 2.95. The lowest BCUT2D eigenvalue weighted by molar-refractivity contribution is -0.158. The zero-order chi connectivity index (χ0) is 15.2. The second kappa shape index (κ2) is 7.22. The Morgan fingerprint density at radius 2 is 2.43 bits per heavy atom. The predicted molar refractivity (Wildman–Crippen MR) is 75.9 cm³/mol. The van der Waals surface area contributed by atoms with Gasteiger partial charge < -0.3 is 19.5 Å². The summed E-state index contributed by atoms with van der Waals surface area (Å²) in [6, 6.07) is 1.68. The van der Waals surface area contributed by atoms with Crippen molar-refractivity contribution >= 4 is 23.2 Å². The van der Waals surface area contributed by atoms with Crippen LogP contribution in [0, 0.1) is 11.8 Å². The van der Waals surface area contributed by atoms with Crippen molar-refractivity contribution in [3.05, 3.63) is 21.9 Å². The number of hydrogen-bond acceptors (Lipinski definition) is 6. The number of aliphatic hydroxyl groups excluding tert-OH is 1. The maximum Gasteiger partial charge on any atom is 0.336 e. The molecule has 1 amide bonds. The lowest BCUT2D eigenvalue weighted by atomic mass is 10.2. The molecule has 1 aliphatic heterocycles. The Hall–Kier alpha value is -1.88. The number of amides is 1. The molecule has 1 fully saturated rings. The lowest BCUT2D eigenvalue weighted by Gasteiger charge is -2.31. The Kier molecular flexibility index (Phi) is 5.33. The molecular formula is C14H15NO5S. The normalized spacial score (nSPS) is 17.8. The summed E-state index contributed by atoms with van der Waals surface area (Å²) in [6.45, 7) is 0.692. The maximum atomic E-state index is 12.4. The van der Waals surface area contributed by atoms with Gasteiger partial charge in [0.25, 0.3) is 5.91 Å². The maximum absolute atomic E-state index is 12.4. The SMILES string of the molecule is COC(=O)C1CN(C(=O)c2csc(C#CCO)c2)CCO1. The van der Waals surface area contributed by atoms with Crippen molar-refractivity contribution in [3.8, 4) is 11.8 Å². The minimum Gasteiger partial charge on any atom is -0.467 e. The van der Waals surface area contributed by atoms with Crippen LogP contribution in [0.3, 0.4) is 0 Å². The Morgan fingerprint density at radius 3 is 3.14 bits per heavy atom. The molecule has 1 aromatic rings. The van der Waals surface area contributed by atoms with E-state index in [0.29, 0.717) is 23.6 Å². The number of esters is 1. The first-order valence-corrected chi connectivity index (χ1v) is 7.20. The average Bonchev–Trinajstić information content (AvgIpc) is 3.00. The van der Waals surface area contributed by atoms with E-state index in [1.165, 1.54) is 18.4 Å². The predicted octanol–water partition coefficient (Wildman–Crippen LogP) is 0.106. The third-order valence-corrected chi connectivity index (χ3v) is 3.80. The van der Waals surface area contributed by atoms with Crippen molar-refractivity contribution in [1.29, 1.82) is 0 Å². The zero-order valence-corrected chi connectivity index (χ0v) is 12.3. The van der Waals surface area contributed by atoms with Gasteiger partial charge in [-0.2, -0.15) is 0 Å². The van der Waals surface area contributed by atoms with Crippen LogP contribution in [0.25, 0.3) is 0 Å². The first-order valence-electron chi connectivity index (χ1n) is 6.32. The lowest BCUT2D eigenvalue weighted by Crippen LogP contribution is -2.48. The second-order valence-corrected chi connectivity index (χ2v) is 5.20. The van der Waals surface area contributed by atoms with Gasteiger partial charge in [0.2, 0.25) is 0 Å². The summed E-state index contributed by atoms with van der Waals surface area (Å²) in [6.07, 6.45) is -0.736. The van der Waals surface area contributed by atoms with E-state index in [0.717, 1.165) is 0 Å². The summed E-state index contributed by atoms with van der Waals surface area (Å²) in [5.74, 6) is 4.65. The smallest absolute Gasteiger partial charge is 0.336 e. The Labute approximate surface area is 126 Å². The molecule has 1 aliphatic rings. The van der Waals surface area contributed by atoms with E-state index in [9.17, 15) is 9.59 Å². The molecule has 0 radical (unpaired) electrons. The molecule has 1 unspecified atom stereocenters. The van der Waals surface area contributed by atoms with Crippen molar-refractivity contribution < 1.29 is 24.2 Å². The van der Waals surface area contributed by atoms with Crippen molar-refractivity contribution in [2.45, 2.75) is 6.10 Å². The molecule has 7 heteroatoms. The molecule has 21 heavy (non-hydrogen) atoms. The minimum absolute atomic E-state index is 0.166. The number of thiophene rings is 1. The average molecular weight is 309 g/mol. The highest BCUT2D eigenvalue weighted by atomic mass is 32.1. The molecule has 2 rings (SSSR count). The van der Waals surface area contributed by atoms with Gasteiger partial charge in [0.15, 0.2) is 6.10 Å². The Morgan fingerprint density at radius 1 is 1.62 bits per heavy atom. The number of aliphatic hydroxyl groups is 1. The first-order chi connectivity index (χ1) is 10.2. The van der Waals surface area contributed by atoms with Crippen molar-refractivity contribution in [1.82, 2.24) is 4.90 Å². The van der Waals surface area contributed by atoms with Gasteiger partial charge in [-0.05, 0) is 6.07 Å². The van der Waals surface area contributed by atoms with Gasteiger partial charge in [0.1, 0.15) is 6.61 Å². The largest absolute Gasteiger partial charge is 0.467 e. The molecule has 0 saturated carbocycles. The number of carbonyl (C=O) groups is 2. The summed E-state index contributed by atoms with van der Waals surface area (Å²) >= 11 is 1.34. The summed E-state index contributed by atoms with van der Waals surface area (Å²) in [5.41, 5.74) is 0.521. The molecule has 0 spiro atoms. The van der Waals surface area contributed by atoms with Crippen LogP contribution in [0.4, 0.5) is 0 Å². The number of morpholine rings is 1.